The molecule has 0 aromatic heterocycles. The molecule has 0 amide bonds. The number of hydrogen-bond acceptors (Lipinski definition) is 2. The second-order valence-corrected chi connectivity index (χ2v) is 6.07. The number of hydrogen-bond donors (Lipinski definition) is 1. The average molecular weight is 303 g/mol. The fourth-order valence-corrected chi connectivity index (χ4v) is 3.67. The van der Waals surface area contributed by atoms with Crippen LogP contribution < -0.4 is 5.32 Å². The lowest BCUT2D eigenvalue weighted by Crippen LogP contribution is -2.19. The first kappa shape index (κ1) is 13.5. The van der Waals surface area contributed by atoms with Gasteiger partial charge in [0, 0.05) is 17.3 Å². The van der Waals surface area contributed by atoms with Gasteiger partial charge in [-0.05, 0) is 36.2 Å². The van der Waals surface area contributed by atoms with Gasteiger partial charge in [0.1, 0.15) is 0 Å². The predicted molar refractivity (Wildman–Crippen MR) is 88.9 cm³/mol. The minimum Gasteiger partial charge on any atom is -0.335 e. The molecule has 20 heavy (non-hydrogen) atoms. The Morgan fingerprint density at radius 3 is 2.75 bits per heavy atom. The molecule has 1 heterocycles. The fraction of sp³-hybridized carbons (Fsp3) is 0.188. The maximum atomic E-state index is 6.16. The van der Waals surface area contributed by atoms with Gasteiger partial charge in [0.2, 0.25) is 0 Å². The third-order valence-electron chi connectivity index (χ3n) is 3.17. The molecule has 1 aliphatic rings. The van der Waals surface area contributed by atoms with E-state index in [9.17, 15) is 0 Å². The van der Waals surface area contributed by atoms with E-state index in [1.54, 1.807) is 11.8 Å². The molecule has 1 N–H and O–H groups in total. The lowest BCUT2D eigenvalue weighted by Gasteiger charge is -2.27. The van der Waals surface area contributed by atoms with Crippen molar-refractivity contribution in [3.05, 3.63) is 64.7 Å². The van der Waals surface area contributed by atoms with Crippen molar-refractivity contribution in [3.63, 3.8) is 0 Å². The van der Waals surface area contributed by atoms with E-state index in [-0.39, 0.29) is 5.25 Å². The maximum Gasteiger partial charge on any atom is 0.161 e. The van der Waals surface area contributed by atoms with Gasteiger partial charge in [-0.25, -0.2) is 0 Å². The first-order chi connectivity index (χ1) is 9.78. The number of amidine groups is 1. The molecule has 4 heteroatoms. The van der Waals surface area contributed by atoms with E-state index in [4.69, 9.17) is 11.6 Å². The van der Waals surface area contributed by atoms with Crippen molar-refractivity contribution in [1.82, 2.24) is 0 Å². The molecule has 1 aliphatic heterocycles. The van der Waals surface area contributed by atoms with Gasteiger partial charge >= 0.3 is 0 Å². The van der Waals surface area contributed by atoms with Crippen LogP contribution in [-0.4, -0.2) is 11.7 Å². The summed E-state index contributed by atoms with van der Waals surface area (Å²) in [6, 6.07) is 16.5. The van der Waals surface area contributed by atoms with Crippen molar-refractivity contribution in [3.8, 4) is 0 Å². The number of anilines is 1. The number of nitrogens with one attached hydrogen (secondary N) is 1. The second kappa shape index (κ2) is 5.90. The van der Waals surface area contributed by atoms with E-state index >= 15 is 0 Å². The summed E-state index contributed by atoms with van der Waals surface area (Å²) in [5.41, 5.74) is 3.57. The Hall–Kier alpha value is -1.45. The first-order valence-electron chi connectivity index (χ1n) is 6.60. The van der Waals surface area contributed by atoms with E-state index < -0.39 is 0 Å². The van der Waals surface area contributed by atoms with Crippen molar-refractivity contribution >= 4 is 34.2 Å². The summed E-state index contributed by atoms with van der Waals surface area (Å²) >= 11 is 7.90. The van der Waals surface area contributed by atoms with Crippen molar-refractivity contribution in [1.29, 1.82) is 0 Å². The highest BCUT2D eigenvalue weighted by Crippen LogP contribution is 2.44. The van der Waals surface area contributed by atoms with Crippen LogP contribution in [0, 0.1) is 0 Å². The smallest absolute Gasteiger partial charge is 0.161 e. The molecule has 3 rings (SSSR count). The largest absolute Gasteiger partial charge is 0.335 e. The Morgan fingerprint density at radius 1 is 1.20 bits per heavy atom. The third-order valence-corrected chi connectivity index (χ3v) is 4.62. The minimum absolute atomic E-state index is 0.233. The molecule has 2 nitrogen and oxygen atoms in total. The number of nitrogens with zero attached hydrogens (tertiary/aromatic N) is 1. The normalized spacial score (nSPS) is 19.5. The van der Waals surface area contributed by atoms with E-state index in [1.165, 1.54) is 11.1 Å². The quantitative estimate of drug-likeness (QED) is 0.847. The summed E-state index contributed by atoms with van der Waals surface area (Å²) in [7, 11) is 0. The van der Waals surface area contributed by atoms with Crippen molar-refractivity contribution in [2.75, 3.05) is 11.9 Å². The first-order valence-corrected chi connectivity index (χ1v) is 7.86. The van der Waals surface area contributed by atoms with Crippen LogP contribution in [-0.2, 0) is 0 Å². The monoisotopic (exact) mass is 302 g/mol. The Labute approximate surface area is 128 Å². The predicted octanol–water partition coefficient (Wildman–Crippen LogP) is 4.96. The summed E-state index contributed by atoms with van der Waals surface area (Å²) in [6.07, 6.45) is 0. The molecule has 0 fully saturated rings. The van der Waals surface area contributed by atoms with Crippen LogP contribution in [0.2, 0.25) is 5.02 Å². The summed E-state index contributed by atoms with van der Waals surface area (Å²) in [4.78, 5) is 4.52. The minimum atomic E-state index is 0.233. The molecule has 2 aromatic rings. The lowest BCUT2D eigenvalue weighted by molar-refractivity contribution is 1.12. The number of aliphatic imine (C=N–C) groups is 1. The highest BCUT2D eigenvalue weighted by molar-refractivity contribution is 8.14. The zero-order valence-electron chi connectivity index (χ0n) is 11.1. The van der Waals surface area contributed by atoms with Crippen molar-refractivity contribution in [2.45, 2.75) is 12.2 Å². The Balaban J connectivity index is 2.09. The molecule has 2 aromatic carbocycles. The molecule has 0 bridgehead atoms. The molecule has 102 valence electrons. The van der Waals surface area contributed by atoms with Gasteiger partial charge in [-0.15, -0.1) is 0 Å². The van der Waals surface area contributed by atoms with Crippen LogP contribution in [0.15, 0.2) is 53.5 Å². The van der Waals surface area contributed by atoms with Crippen LogP contribution >= 0.6 is 23.4 Å². The number of thioether (sulfide) groups is 1. The highest BCUT2D eigenvalue weighted by atomic mass is 35.5. The molecular weight excluding hydrogens is 288 g/mol. The van der Waals surface area contributed by atoms with Crippen molar-refractivity contribution < 1.29 is 0 Å². The molecule has 0 radical (unpaired) electrons. The van der Waals surface area contributed by atoms with Gasteiger partial charge in [0.15, 0.2) is 5.17 Å². The van der Waals surface area contributed by atoms with Crippen LogP contribution in [0.5, 0.6) is 0 Å². The average Bonchev–Trinajstić information content (AvgIpc) is 2.48. The van der Waals surface area contributed by atoms with Crippen LogP contribution in [0.1, 0.15) is 23.3 Å². The SMILES string of the molecule is CCN=C1Nc2ccc(Cl)cc2[C@@H](c2ccccc2)S1. The molecule has 0 unspecified atom stereocenters. The Morgan fingerprint density at radius 2 is 2.00 bits per heavy atom. The van der Waals surface area contributed by atoms with E-state index in [0.29, 0.717) is 0 Å². The van der Waals surface area contributed by atoms with Gasteiger partial charge in [0.05, 0.1) is 5.25 Å². The summed E-state index contributed by atoms with van der Waals surface area (Å²) in [6.45, 7) is 2.82. The molecule has 1 atom stereocenters. The Bertz CT molecular complexity index is 640. The third kappa shape index (κ3) is 2.69. The highest BCUT2D eigenvalue weighted by Gasteiger charge is 2.26. The van der Waals surface area contributed by atoms with Crippen LogP contribution in [0.4, 0.5) is 5.69 Å². The number of fused-ring (bicyclic) bond motifs is 1. The van der Waals surface area contributed by atoms with Gasteiger partial charge in [0.25, 0.3) is 0 Å². The van der Waals surface area contributed by atoms with E-state index in [0.717, 1.165) is 22.4 Å². The summed E-state index contributed by atoms with van der Waals surface area (Å²) in [5, 5.41) is 5.35. The van der Waals surface area contributed by atoms with Gasteiger partial charge in [-0.1, -0.05) is 53.7 Å². The topological polar surface area (TPSA) is 24.4 Å². The Kier molecular flexibility index (Phi) is 3.99. The molecular formula is C16H15ClN2S. The fourth-order valence-electron chi connectivity index (χ4n) is 2.28. The number of benzene rings is 2. The van der Waals surface area contributed by atoms with Crippen LogP contribution in [0.3, 0.4) is 0 Å². The molecule has 0 aliphatic carbocycles. The van der Waals surface area contributed by atoms with Gasteiger partial charge in [-0.3, -0.25) is 4.99 Å². The lowest BCUT2D eigenvalue weighted by atomic mass is 10.0. The van der Waals surface area contributed by atoms with Crippen LogP contribution in [0.25, 0.3) is 0 Å². The molecule has 0 saturated heterocycles. The second-order valence-electron chi connectivity index (χ2n) is 4.54. The zero-order valence-corrected chi connectivity index (χ0v) is 12.7. The number of rotatable bonds is 2. The van der Waals surface area contributed by atoms with Gasteiger partial charge in [-0.2, -0.15) is 0 Å². The molecule has 0 saturated carbocycles. The molecule has 0 spiro atoms. The summed E-state index contributed by atoms with van der Waals surface area (Å²) < 4.78 is 0. The summed E-state index contributed by atoms with van der Waals surface area (Å²) in [5.74, 6) is 0. The van der Waals surface area contributed by atoms with Crippen molar-refractivity contribution in [2.24, 2.45) is 4.99 Å². The zero-order chi connectivity index (χ0) is 13.9. The number of halogens is 1. The van der Waals surface area contributed by atoms with E-state index in [2.05, 4.69) is 34.6 Å². The maximum absolute atomic E-state index is 6.16. The standard InChI is InChI=1S/C16H15ClN2S/c1-2-18-16-19-14-9-8-12(17)10-13(14)15(20-16)11-6-4-3-5-7-11/h3-10,15H,2H2,1H3,(H,18,19)/t15-/m1/s1. The van der Waals surface area contributed by atoms with E-state index in [1.807, 2.05) is 31.2 Å². The van der Waals surface area contributed by atoms with Gasteiger partial charge < -0.3 is 5.32 Å².